The van der Waals surface area contributed by atoms with Gasteiger partial charge >= 0.3 is 0 Å². The third kappa shape index (κ3) is 2.77. The molecule has 1 saturated carbocycles. The lowest BCUT2D eigenvalue weighted by Crippen LogP contribution is -2.45. The number of hydrogen-bond donors (Lipinski definition) is 4. The van der Waals surface area contributed by atoms with Crippen molar-refractivity contribution in [2.24, 2.45) is 5.84 Å². The summed E-state index contributed by atoms with van der Waals surface area (Å²) in [5, 5.41) is 12.7. The van der Waals surface area contributed by atoms with E-state index >= 15 is 0 Å². The Balaban J connectivity index is 2.07. The third-order valence-electron chi connectivity index (χ3n) is 3.27. The van der Waals surface area contributed by atoms with Gasteiger partial charge in [0.1, 0.15) is 0 Å². The number of carbonyl (C=O) groups excluding carboxylic acids is 1. The summed E-state index contributed by atoms with van der Waals surface area (Å²) < 4.78 is 0. The van der Waals surface area contributed by atoms with Gasteiger partial charge < -0.3 is 15.8 Å². The summed E-state index contributed by atoms with van der Waals surface area (Å²) in [5.41, 5.74) is 3.37. The van der Waals surface area contributed by atoms with Gasteiger partial charge in [0, 0.05) is 12.4 Å². The average Bonchev–Trinajstić information content (AvgIpc) is 2.41. The predicted molar refractivity (Wildman–Crippen MR) is 67.8 cm³/mol. The molecule has 1 heterocycles. The van der Waals surface area contributed by atoms with Crippen molar-refractivity contribution < 1.29 is 9.90 Å². The van der Waals surface area contributed by atoms with Crippen molar-refractivity contribution in [1.82, 2.24) is 10.3 Å². The van der Waals surface area contributed by atoms with Gasteiger partial charge in [-0.05, 0) is 18.9 Å². The molecule has 1 aromatic heterocycles. The van der Waals surface area contributed by atoms with Gasteiger partial charge in [0.25, 0.3) is 5.91 Å². The van der Waals surface area contributed by atoms with Crippen LogP contribution in [0.15, 0.2) is 18.5 Å². The van der Waals surface area contributed by atoms with Crippen LogP contribution in [-0.2, 0) is 0 Å². The fourth-order valence-electron chi connectivity index (χ4n) is 2.23. The van der Waals surface area contributed by atoms with Crippen molar-refractivity contribution in [3.63, 3.8) is 0 Å². The van der Waals surface area contributed by atoms with E-state index < -0.39 is 6.10 Å². The maximum Gasteiger partial charge on any atom is 0.255 e. The monoisotopic (exact) mass is 250 g/mol. The quantitative estimate of drug-likeness (QED) is 0.459. The fraction of sp³-hybridized carbons (Fsp3) is 0.500. The highest BCUT2D eigenvalue weighted by atomic mass is 16.3. The first kappa shape index (κ1) is 12.8. The molecule has 98 valence electrons. The van der Waals surface area contributed by atoms with Crippen LogP contribution in [-0.4, -0.2) is 28.1 Å². The Morgan fingerprint density at radius 3 is 2.94 bits per heavy atom. The molecule has 6 nitrogen and oxygen atoms in total. The van der Waals surface area contributed by atoms with Gasteiger partial charge in [0.15, 0.2) is 0 Å². The molecule has 1 amide bonds. The largest absolute Gasteiger partial charge is 0.391 e. The van der Waals surface area contributed by atoms with Crippen LogP contribution in [0, 0.1) is 0 Å². The van der Waals surface area contributed by atoms with Crippen molar-refractivity contribution in [2.75, 3.05) is 5.43 Å². The first-order chi connectivity index (χ1) is 8.72. The lowest BCUT2D eigenvalue weighted by Gasteiger charge is -2.28. The van der Waals surface area contributed by atoms with E-state index in [1.54, 1.807) is 12.3 Å². The van der Waals surface area contributed by atoms with Crippen LogP contribution >= 0.6 is 0 Å². The molecule has 2 atom stereocenters. The number of aromatic nitrogens is 1. The van der Waals surface area contributed by atoms with Crippen molar-refractivity contribution in [2.45, 2.75) is 37.8 Å². The summed E-state index contributed by atoms with van der Waals surface area (Å²) >= 11 is 0. The van der Waals surface area contributed by atoms with Crippen molar-refractivity contribution in [3.05, 3.63) is 24.0 Å². The standard InChI is InChI=1S/C12H18N4O2/c13-16-9-5-6-14-7-8(9)12(18)15-10-3-1-2-4-11(10)17/h5-7,10-11,17H,1-4,13H2,(H,14,16)(H,15,18). The van der Waals surface area contributed by atoms with Crippen LogP contribution in [0.4, 0.5) is 5.69 Å². The van der Waals surface area contributed by atoms with Gasteiger partial charge in [-0.1, -0.05) is 12.8 Å². The summed E-state index contributed by atoms with van der Waals surface area (Å²) in [6, 6.07) is 1.45. The van der Waals surface area contributed by atoms with Gasteiger partial charge in [-0.2, -0.15) is 0 Å². The molecular weight excluding hydrogens is 232 g/mol. The van der Waals surface area contributed by atoms with Crippen molar-refractivity contribution >= 4 is 11.6 Å². The molecule has 6 heteroatoms. The van der Waals surface area contributed by atoms with E-state index in [-0.39, 0.29) is 11.9 Å². The molecule has 0 aliphatic heterocycles. The molecule has 2 unspecified atom stereocenters. The molecule has 0 spiro atoms. The Morgan fingerprint density at radius 1 is 1.44 bits per heavy atom. The molecule has 1 aromatic rings. The summed E-state index contributed by atoms with van der Waals surface area (Å²) in [7, 11) is 0. The lowest BCUT2D eigenvalue weighted by molar-refractivity contribution is 0.0717. The van der Waals surface area contributed by atoms with E-state index in [0.29, 0.717) is 11.3 Å². The van der Waals surface area contributed by atoms with Crippen LogP contribution < -0.4 is 16.6 Å². The Kier molecular flexibility index (Phi) is 4.11. The number of amides is 1. The first-order valence-electron chi connectivity index (χ1n) is 6.12. The topological polar surface area (TPSA) is 100 Å². The molecule has 1 fully saturated rings. The number of rotatable bonds is 3. The highest BCUT2D eigenvalue weighted by Crippen LogP contribution is 2.19. The number of aliphatic hydroxyl groups is 1. The van der Waals surface area contributed by atoms with Gasteiger partial charge in [0.2, 0.25) is 0 Å². The maximum atomic E-state index is 12.1. The third-order valence-corrected chi connectivity index (χ3v) is 3.27. The number of aliphatic hydroxyl groups excluding tert-OH is 1. The Bertz CT molecular complexity index is 424. The van der Waals surface area contributed by atoms with Gasteiger partial charge in [0.05, 0.1) is 23.4 Å². The molecule has 2 rings (SSSR count). The average molecular weight is 250 g/mol. The number of nitrogens with two attached hydrogens (primary N) is 1. The van der Waals surface area contributed by atoms with Crippen LogP contribution in [0.5, 0.6) is 0 Å². The van der Waals surface area contributed by atoms with Crippen molar-refractivity contribution in [3.8, 4) is 0 Å². The zero-order chi connectivity index (χ0) is 13.0. The molecular formula is C12H18N4O2. The Morgan fingerprint density at radius 2 is 2.22 bits per heavy atom. The second-order valence-corrected chi connectivity index (χ2v) is 4.50. The SMILES string of the molecule is NNc1ccncc1C(=O)NC1CCCCC1O. The lowest BCUT2D eigenvalue weighted by atomic mass is 9.92. The fourth-order valence-corrected chi connectivity index (χ4v) is 2.23. The van der Waals surface area contributed by atoms with E-state index in [2.05, 4.69) is 15.7 Å². The van der Waals surface area contributed by atoms with Crippen molar-refractivity contribution in [1.29, 1.82) is 0 Å². The van der Waals surface area contributed by atoms with Gasteiger partial charge in [-0.3, -0.25) is 15.6 Å². The normalized spacial score (nSPS) is 23.4. The summed E-state index contributed by atoms with van der Waals surface area (Å²) in [6.07, 6.45) is 6.13. The molecule has 0 radical (unpaired) electrons. The minimum absolute atomic E-state index is 0.183. The van der Waals surface area contributed by atoms with Gasteiger partial charge in [-0.25, -0.2) is 0 Å². The minimum Gasteiger partial charge on any atom is -0.391 e. The summed E-state index contributed by atoms with van der Waals surface area (Å²) in [6.45, 7) is 0. The second-order valence-electron chi connectivity index (χ2n) is 4.50. The van der Waals surface area contributed by atoms with E-state index in [9.17, 15) is 9.90 Å². The van der Waals surface area contributed by atoms with Crippen LogP contribution in [0.2, 0.25) is 0 Å². The van der Waals surface area contributed by atoms with E-state index in [4.69, 9.17) is 5.84 Å². The number of hydrazine groups is 1. The molecule has 5 N–H and O–H groups in total. The molecule has 0 saturated heterocycles. The molecule has 0 aromatic carbocycles. The Labute approximate surface area is 106 Å². The summed E-state index contributed by atoms with van der Waals surface area (Å²) in [4.78, 5) is 16.0. The summed E-state index contributed by atoms with van der Waals surface area (Å²) in [5.74, 6) is 5.08. The maximum absolute atomic E-state index is 12.1. The number of anilines is 1. The number of nitrogens with zero attached hydrogens (tertiary/aromatic N) is 1. The minimum atomic E-state index is -0.464. The smallest absolute Gasteiger partial charge is 0.255 e. The highest BCUT2D eigenvalue weighted by molar-refractivity contribution is 5.99. The number of carbonyl (C=O) groups is 1. The number of hydrogen-bond acceptors (Lipinski definition) is 5. The van der Waals surface area contributed by atoms with Crippen LogP contribution in [0.3, 0.4) is 0 Å². The van der Waals surface area contributed by atoms with E-state index in [0.717, 1.165) is 25.7 Å². The van der Waals surface area contributed by atoms with Crippen LogP contribution in [0.25, 0.3) is 0 Å². The van der Waals surface area contributed by atoms with E-state index in [1.165, 1.54) is 6.20 Å². The number of pyridine rings is 1. The molecule has 0 bridgehead atoms. The molecule has 18 heavy (non-hydrogen) atoms. The first-order valence-corrected chi connectivity index (χ1v) is 6.12. The number of nitrogens with one attached hydrogen (secondary N) is 2. The highest BCUT2D eigenvalue weighted by Gasteiger charge is 2.25. The van der Waals surface area contributed by atoms with Gasteiger partial charge in [-0.15, -0.1) is 0 Å². The number of nitrogen functional groups attached to an aromatic ring is 1. The zero-order valence-electron chi connectivity index (χ0n) is 10.1. The van der Waals surface area contributed by atoms with Crippen LogP contribution in [0.1, 0.15) is 36.0 Å². The molecule has 1 aliphatic carbocycles. The molecule has 1 aliphatic rings. The zero-order valence-corrected chi connectivity index (χ0v) is 10.1. The van der Waals surface area contributed by atoms with E-state index in [1.807, 2.05) is 0 Å². The Hall–Kier alpha value is -1.66. The second kappa shape index (κ2) is 5.79. The predicted octanol–water partition coefficient (Wildman–Crippen LogP) is 0.400.